The summed E-state index contributed by atoms with van der Waals surface area (Å²) in [6.07, 6.45) is -5.24. The van der Waals surface area contributed by atoms with Gasteiger partial charge in [0, 0.05) is 42.7 Å². The molecule has 40 heavy (non-hydrogen) atoms. The van der Waals surface area contributed by atoms with Crippen molar-refractivity contribution in [3.05, 3.63) is 89.1 Å². The highest BCUT2D eigenvalue weighted by Crippen LogP contribution is 2.37. The largest absolute Gasteiger partial charge is 0.469 e. The third kappa shape index (κ3) is 5.79. The first-order valence-corrected chi connectivity index (χ1v) is 12.5. The summed E-state index contributed by atoms with van der Waals surface area (Å²) in [7, 11) is 1.70. The first kappa shape index (κ1) is 27.6. The molecule has 0 fully saturated rings. The number of anilines is 2. The van der Waals surface area contributed by atoms with Crippen LogP contribution in [0.5, 0.6) is 0 Å². The van der Waals surface area contributed by atoms with Gasteiger partial charge in [0.1, 0.15) is 17.4 Å². The van der Waals surface area contributed by atoms with Crippen molar-refractivity contribution in [3.8, 4) is 0 Å². The van der Waals surface area contributed by atoms with Gasteiger partial charge in [0.2, 0.25) is 0 Å². The number of halogens is 6. The van der Waals surface area contributed by atoms with Crippen LogP contribution in [-0.2, 0) is 18.8 Å². The molecule has 1 unspecified atom stereocenters. The number of likely N-dealkylation sites (N-methyl/N-ethyl adjacent to an activating group) is 1. The van der Waals surface area contributed by atoms with Gasteiger partial charge in [-0.25, -0.2) is 9.98 Å². The zero-order valence-corrected chi connectivity index (χ0v) is 21.3. The molecule has 5 rings (SSSR count). The Hall–Kier alpha value is -4.00. The number of furan rings is 1. The van der Waals surface area contributed by atoms with E-state index in [1.165, 1.54) is 30.7 Å². The maximum absolute atomic E-state index is 13.7. The van der Waals surface area contributed by atoms with Crippen molar-refractivity contribution in [2.45, 2.75) is 37.4 Å². The van der Waals surface area contributed by atoms with E-state index >= 15 is 0 Å². The molecule has 4 heterocycles. The monoisotopic (exact) mass is 564 g/mol. The number of aliphatic imine (C=N–C) groups is 1. The summed E-state index contributed by atoms with van der Waals surface area (Å²) in [5.74, 6) is -0.211. The Labute approximate surface area is 226 Å². The number of alkyl halides is 6. The van der Waals surface area contributed by atoms with Crippen LogP contribution in [0.4, 0.5) is 37.8 Å². The molecule has 0 aliphatic carbocycles. The number of pyridine rings is 1. The maximum atomic E-state index is 13.7. The molecule has 0 spiro atoms. The first-order chi connectivity index (χ1) is 19.0. The number of amidine groups is 1. The third-order valence-electron chi connectivity index (χ3n) is 6.86. The van der Waals surface area contributed by atoms with Crippen molar-refractivity contribution in [1.29, 1.82) is 0 Å². The highest BCUT2D eigenvalue weighted by Gasteiger charge is 2.39. The molecule has 0 radical (unpaired) electrons. The second-order valence-corrected chi connectivity index (χ2v) is 9.47. The van der Waals surface area contributed by atoms with Crippen LogP contribution >= 0.6 is 0 Å². The minimum atomic E-state index is -4.57. The van der Waals surface area contributed by atoms with E-state index in [1.54, 1.807) is 24.1 Å². The third-order valence-corrected chi connectivity index (χ3v) is 6.86. The second kappa shape index (κ2) is 10.5. The highest BCUT2D eigenvalue weighted by molar-refractivity contribution is 6.09. The fourth-order valence-corrected chi connectivity index (χ4v) is 4.86. The Morgan fingerprint density at radius 2 is 1.73 bits per heavy atom. The van der Waals surface area contributed by atoms with Gasteiger partial charge in [0.05, 0.1) is 23.8 Å². The normalized spacial score (nSPS) is 20.0. The zero-order valence-electron chi connectivity index (χ0n) is 21.3. The van der Waals surface area contributed by atoms with Crippen LogP contribution < -0.4 is 20.9 Å². The van der Waals surface area contributed by atoms with Gasteiger partial charge in [0.15, 0.2) is 5.79 Å². The molecule has 0 bridgehead atoms. The lowest BCUT2D eigenvalue weighted by Gasteiger charge is -2.37. The van der Waals surface area contributed by atoms with Crippen molar-refractivity contribution < 1.29 is 30.8 Å². The molecular formula is C27H26F6N6O. The summed E-state index contributed by atoms with van der Waals surface area (Å²) < 4.78 is 86.0. The SMILES string of the molecule is CNC1(Cc2ccco2)N=C(Nc2ccc(C(F)(F)F)cc2)C2=C(CCN(c3ncccc3C(F)(F)F)CC2)N1. The lowest BCUT2D eigenvalue weighted by Crippen LogP contribution is -2.58. The Balaban J connectivity index is 1.48. The van der Waals surface area contributed by atoms with Crippen molar-refractivity contribution in [2.24, 2.45) is 4.99 Å². The lowest BCUT2D eigenvalue weighted by atomic mass is 10.0. The standard InChI is InChI=1S/C27H26F6N6O/c1-34-25(16-19-4-3-15-40-19)37-22-11-14-39(24-21(27(31,32)33)5-2-12-35-24)13-10-20(22)23(38-25)36-18-8-6-17(7-9-18)26(28,29)30/h2-9,12,15,34,37H,10-11,13-14,16H2,1H3,(H,36,38). The average molecular weight is 565 g/mol. The van der Waals surface area contributed by atoms with E-state index in [-0.39, 0.29) is 25.3 Å². The zero-order chi connectivity index (χ0) is 28.5. The quantitative estimate of drug-likeness (QED) is 0.341. The van der Waals surface area contributed by atoms with E-state index in [2.05, 4.69) is 20.9 Å². The summed E-state index contributed by atoms with van der Waals surface area (Å²) in [5.41, 5.74) is 0.249. The summed E-state index contributed by atoms with van der Waals surface area (Å²) in [6.45, 7) is 0.471. The van der Waals surface area contributed by atoms with E-state index < -0.39 is 29.3 Å². The highest BCUT2D eigenvalue weighted by atomic mass is 19.4. The minimum Gasteiger partial charge on any atom is -0.469 e. The first-order valence-electron chi connectivity index (χ1n) is 12.5. The maximum Gasteiger partial charge on any atom is 0.419 e. The summed E-state index contributed by atoms with van der Waals surface area (Å²) in [6, 6.07) is 10.4. The number of aromatic nitrogens is 1. The van der Waals surface area contributed by atoms with Gasteiger partial charge in [-0.05, 0) is 62.0 Å². The fraction of sp³-hybridized carbons (Fsp3) is 0.333. The number of rotatable bonds is 5. The van der Waals surface area contributed by atoms with Crippen LogP contribution in [0.15, 0.2) is 81.7 Å². The molecule has 1 aromatic carbocycles. The molecule has 0 amide bonds. The predicted molar refractivity (Wildman–Crippen MR) is 138 cm³/mol. The summed E-state index contributed by atoms with van der Waals surface area (Å²) in [5, 5.41) is 9.74. The smallest absolute Gasteiger partial charge is 0.419 e. The lowest BCUT2D eigenvalue weighted by molar-refractivity contribution is -0.138. The second-order valence-electron chi connectivity index (χ2n) is 9.47. The molecule has 2 aliphatic rings. The van der Waals surface area contributed by atoms with Crippen LogP contribution in [0.2, 0.25) is 0 Å². The number of benzene rings is 1. The predicted octanol–water partition coefficient (Wildman–Crippen LogP) is 5.80. The molecule has 7 nitrogen and oxygen atoms in total. The van der Waals surface area contributed by atoms with Crippen molar-refractivity contribution in [1.82, 2.24) is 15.6 Å². The Morgan fingerprint density at radius 3 is 2.38 bits per heavy atom. The fourth-order valence-electron chi connectivity index (χ4n) is 4.86. The van der Waals surface area contributed by atoms with Gasteiger partial charge in [0.25, 0.3) is 0 Å². The molecule has 2 aromatic heterocycles. The van der Waals surface area contributed by atoms with E-state index in [1.807, 2.05) is 0 Å². The van der Waals surface area contributed by atoms with Gasteiger partial charge >= 0.3 is 12.4 Å². The van der Waals surface area contributed by atoms with E-state index in [0.29, 0.717) is 30.1 Å². The molecule has 13 heteroatoms. The van der Waals surface area contributed by atoms with Crippen LogP contribution in [-0.4, -0.2) is 36.7 Å². The van der Waals surface area contributed by atoms with Gasteiger partial charge in [-0.3, -0.25) is 5.32 Å². The molecule has 0 saturated heterocycles. The van der Waals surface area contributed by atoms with E-state index in [0.717, 1.165) is 29.5 Å². The van der Waals surface area contributed by atoms with Crippen molar-refractivity contribution >= 4 is 17.3 Å². The Morgan fingerprint density at radius 1 is 0.975 bits per heavy atom. The average Bonchev–Trinajstić information content (AvgIpc) is 3.32. The van der Waals surface area contributed by atoms with Crippen LogP contribution in [0, 0.1) is 0 Å². The number of nitrogens with one attached hydrogen (secondary N) is 3. The van der Waals surface area contributed by atoms with Crippen molar-refractivity contribution in [3.63, 3.8) is 0 Å². The molecule has 3 N–H and O–H groups in total. The van der Waals surface area contributed by atoms with Gasteiger partial charge in [-0.2, -0.15) is 26.3 Å². The van der Waals surface area contributed by atoms with Gasteiger partial charge in [-0.1, -0.05) is 0 Å². The minimum absolute atomic E-state index is 0.153. The van der Waals surface area contributed by atoms with E-state index in [4.69, 9.17) is 9.41 Å². The van der Waals surface area contributed by atoms with Crippen molar-refractivity contribution in [2.75, 3.05) is 30.4 Å². The molecule has 0 saturated carbocycles. The van der Waals surface area contributed by atoms with E-state index in [9.17, 15) is 26.3 Å². The van der Waals surface area contributed by atoms with Crippen LogP contribution in [0.3, 0.4) is 0 Å². The summed E-state index contributed by atoms with van der Waals surface area (Å²) >= 11 is 0. The molecule has 1 atom stereocenters. The van der Waals surface area contributed by atoms with Crippen LogP contribution in [0.25, 0.3) is 0 Å². The van der Waals surface area contributed by atoms with Gasteiger partial charge in [-0.15, -0.1) is 0 Å². The molecule has 212 valence electrons. The molecule has 3 aromatic rings. The summed E-state index contributed by atoms with van der Waals surface area (Å²) in [4.78, 5) is 10.5. The number of hydrogen-bond acceptors (Lipinski definition) is 7. The molecular weight excluding hydrogens is 538 g/mol. The number of nitrogens with zero attached hydrogens (tertiary/aromatic N) is 3. The van der Waals surface area contributed by atoms with Gasteiger partial charge < -0.3 is 20.0 Å². The topological polar surface area (TPSA) is 77.7 Å². The number of hydrogen-bond donors (Lipinski definition) is 3. The molecule has 2 aliphatic heterocycles. The Kier molecular flexibility index (Phi) is 7.25. The Bertz CT molecular complexity index is 1400. The van der Waals surface area contributed by atoms with Crippen LogP contribution in [0.1, 0.15) is 29.7 Å².